The Labute approximate surface area is 162 Å². The van der Waals surface area contributed by atoms with Gasteiger partial charge in [0.15, 0.2) is 5.78 Å². The second-order valence-corrected chi connectivity index (χ2v) is 7.17. The fourth-order valence-corrected chi connectivity index (χ4v) is 2.73. The van der Waals surface area contributed by atoms with Crippen LogP contribution >= 0.6 is 0 Å². The summed E-state index contributed by atoms with van der Waals surface area (Å²) in [4.78, 5) is 24.5. The molecule has 6 nitrogen and oxygen atoms in total. The number of amides is 1. The van der Waals surface area contributed by atoms with E-state index < -0.39 is 5.54 Å². The highest BCUT2D eigenvalue weighted by Crippen LogP contribution is 2.22. The smallest absolute Gasteiger partial charge is 0.256 e. The molecule has 1 amide bonds. The van der Waals surface area contributed by atoms with Gasteiger partial charge >= 0.3 is 0 Å². The van der Waals surface area contributed by atoms with E-state index in [0.29, 0.717) is 28.1 Å². The van der Waals surface area contributed by atoms with Gasteiger partial charge in [-0.25, -0.2) is 8.91 Å². The number of aryl methyl sites for hydroxylation is 1. The first kappa shape index (κ1) is 19.5. The molecule has 1 N–H and O–H groups in total. The lowest BCUT2D eigenvalue weighted by Gasteiger charge is -2.22. The number of rotatable bonds is 6. The van der Waals surface area contributed by atoms with Crippen LogP contribution in [0.25, 0.3) is 5.52 Å². The molecule has 0 atom stereocenters. The molecule has 1 aromatic carbocycles. The molecular formula is C21H22FN3O3. The minimum atomic E-state index is -0.989. The molecule has 0 spiro atoms. The molecule has 2 aromatic heterocycles. The number of nitrogens with one attached hydrogen (secondary N) is 1. The van der Waals surface area contributed by atoms with Gasteiger partial charge in [-0.05, 0) is 39.8 Å². The van der Waals surface area contributed by atoms with Crippen LogP contribution in [0.1, 0.15) is 42.4 Å². The van der Waals surface area contributed by atoms with E-state index in [1.54, 1.807) is 61.8 Å². The molecule has 2 heterocycles. The molecule has 0 aliphatic heterocycles. The summed E-state index contributed by atoms with van der Waals surface area (Å²) in [6.45, 7) is 6.52. The van der Waals surface area contributed by atoms with E-state index in [1.807, 2.05) is 0 Å². The van der Waals surface area contributed by atoms with Crippen molar-refractivity contribution in [2.45, 2.75) is 39.8 Å². The molecule has 0 saturated carbocycles. The molecule has 0 fully saturated rings. The Hall–Kier alpha value is -3.22. The number of fused-ring (bicyclic) bond motifs is 1. The van der Waals surface area contributed by atoms with Gasteiger partial charge in [0.25, 0.3) is 5.91 Å². The summed E-state index contributed by atoms with van der Waals surface area (Å²) in [6.07, 6.45) is 1.67. The first-order valence-corrected chi connectivity index (χ1v) is 8.88. The van der Waals surface area contributed by atoms with Crippen LogP contribution in [-0.2, 0) is 11.4 Å². The lowest BCUT2D eigenvalue weighted by atomic mass is 9.99. The van der Waals surface area contributed by atoms with Gasteiger partial charge in [0.05, 0.1) is 22.3 Å². The summed E-state index contributed by atoms with van der Waals surface area (Å²) >= 11 is 0. The van der Waals surface area contributed by atoms with Gasteiger partial charge in [-0.3, -0.25) is 9.59 Å². The number of pyridine rings is 1. The number of hydrogen-bond donors (Lipinski definition) is 1. The summed E-state index contributed by atoms with van der Waals surface area (Å²) in [5.41, 5.74) is 0.888. The average molecular weight is 383 g/mol. The predicted molar refractivity (Wildman–Crippen MR) is 103 cm³/mol. The molecule has 0 bridgehead atoms. The van der Waals surface area contributed by atoms with E-state index in [1.165, 1.54) is 13.0 Å². The van der Waals surface area contributed by atoms with Crippen molar-refractivity contribution >= 4 is 17.2 Å². The van der Waals surface area contributed by atoms with Crippen LogP contribution in [0.15, 0.2) is 42.6 Å². The lowest BCUT2D eigenvalue weighted by Crippen LogP contribution is -2.48. The standard InChI is InChI=1S/C21H22FN3O3/c1-13-19(20(27)23-21(3,4)14(2)26)18-11-16(9-10-25(18)24-13)28-12-15-7-5-6-8-17(15)22/h5-11H,12H2,1-4H3,(H,23,27). The monoisotopic (exact) mass is 383 g/mol. The lowest BCUT2D eigenvalue weighted by molar-refractivity contribution is -0.121. The van der Waals surface area contributed by atoms with Crippen molar-refractivity contribution in [1.82, 2.24) is 14.9 Å². The fourth-order valence-electron chi connectivity index (χ4n) is 2.73. The zero-order valence-electron chi connectivity index (χ0n) is 16.2. The number of benzene rings is 1. The van der Waals surface area contributed by atoms with Crippen molar-refractivity contribution in [2.75, 3.05) is 0 Å². The SMILES string of the molecule is CC(=O)C(C)(C)NC(=O)c1c(C)nn2ccc(OCc3ccccc3F)cc12. The number of carbonyl (C=O) groups excluding carboxylic acids is 2. The van der Waals surface area contributed by atoms with Crippen LogP contribution in [0.4, 0.5) is 4.39 Å². The number of nitrogens with zero attached hydrogens (tertiary/aromatic N) is 2. The van der Waals surface area contributed by atoms with Crippen LogP contribution in [0.5, 0.6) is 5.75 Å². The minimum absolute atomic E-state index is 0.0643. The Morgan fingerprint density at radius 1 is 1.25 bits per heavy atom. The van der Waals surface area contributed by atoms with E-state index in [4.69, 9.17) is 4.74 Å². The maximum absolute atomic E-state index is 13.8. The molecule has 0 aliphatic carbocycles. The van der Waals surface area contributed by atoms with E-state index in [2.05, 4.69) is 10.4 Å². The van der Waals surface area contributed by atoms with E-state index in [9.17, 15) is 14.0 Å². The zero-order chi connectivity index (χ0) is 20.5. The summed E-state index contributed by atoms with van der Waals surface area (Å²) in [6, 6.07) is 9.76. The van der Waals surface area contributed by atoms with E-state index in [0.717, 1.165) is 0 Å². The number of carbonyl (C=O) groups is 2. The quantitative estimate of drug-likeness (QED) is 0.708. The normalized spacial score (nSPS) is 11.5. The van der Waals surface area contributed by atoms with Crippen molar-refractivity contribution in [3.8, 4) is 5.75 Å². The number of halogens is 1. The van der Waals surface area contributed by atoms with Gasteiger partial charge in [0.1, 0.15) is 18.2 Å². The maximum atomic E-state index is 13.8. The van der Waals surface area contributed by atoms with Crippen molar-refractivity contribution < 1.29 is 18.7 Å². The summed E-state index contributed by atoms with van der Waals surface area (Å²) in [5, 5.41) is 7.08. The third kappa shape index (κ3) is 3.88. The Bertz CT molecular complexity index is 1060. The molecule has 146 valence electrons. The number of Topliss-reactive ketones (excluding diaryl/α,β-unsaturated/α-hetero) is 1. The van der Waals surface area contributed by atoms with Crippen LogP contribution in [-0.4, -0.2) is 26.8 Å². The van der Waals surface area contributed by atoms with Crippen molar-refractivity contribution in [3.63, 3.8) is 0 Å². The van der Waals surface area contributed by atoms with Gasteiger partial charge in [-0.1, -0.05) is 18.2 Å². The van der Waals surface area contributed by atoms with Gasteiger partial charge in [-0.15, -0.1) is 0 Å². The minimum Gasteiger partial charge on any atom is -0.489 e. The average Bonchev–Trinajstić information content (AvgIpc) is 2.95. The largest absolute Gasteiger partial charge is 0.489 e. The highest BCUT2D eigenvalue weighted by molar-refractivity contribution is 6.04. The molecule has 28 heavy (non-hydrogen) atoms. The van der Waals surface area contributed by atoms with Gasteiger partial charge in [0, 0.05) is 17.8 Å². The highest BCUT2D eigenvalue weighted by Gasteiger charge is 2.28. The Kier molecular flexibility index (Phi) is 5.18. The van der Waals surface area contributed by atoms with Crippen molar-refractivity contribution in [2.24, 2.45) is 0 Å². The first-order chi connectivity index (χ1) is 13.2. The van der Waals surface area contributed by atoms with Gasteiger partial charge in [0.2, 0.25) is 0 Å². The Balaban J connectivity index is 1.89. The molecule has 3 aromatic rings. The number of aromatic nitrogens is 2. The van der Waals surface area contributed by atoms with Crippen LogP contribution < -0.4 is 10.1 Å². The van der Waals surface area contributed by atoms with Crippen LogP contribution in [0.3, 0.4) is 0 Å². The summed E-state index contributed by atoms with van der Waals surface area (Å²) in [5.74, 6) is -0.395. The third-order valence-corrected chi connectivity index (χ3v) is 4.67. The fraction of sp³-hybridized carbons (Fsp3) is 0.286. The molecule has 0 saturated heterocycles. The topological polar surface area (TPSA) is 72.7 Å². The Morgan fingerprint density at radius 3 is 2.64 bits per heavy atom. The number of hydrogen-bond acceptors (Lipinski definition) is 4. The van der Waals surface area contributed by atoms with Gasteiger partial charge < -0.3 is 10.1 Å². The van der Waals surface area contributed by atoms with E-state index in [-0.39, 0.29) is 24.1 Å². The zero-order valence-corrected chi connectivity index (χ0v) is 16.2. The first-order valence-electron chi connectivity index (χ1n) is 8.88. The molecule has 0 radical (unpaired) electrons. The molecule has 0 unspecified atom stereocenters. The van der Waals surface area contributed by atoms with E-state index >= 15 is 0 Å². The van der Waals surface area contributed by atoms with Crippen molar-refractivity contribution in [3.05, 3.63) is 65.2 Å². The molecule has 0 aliphatic rings. The second kappa shape index (κ2) is 7.42. The Morgan fingerprint density at radius 2 is 1.96 bits per heavy atom. The molecular weight excluding hydrogens is 361 g/mol. The highest BCUT2D eigenvalue weighted by atomic mass is 19.1. The second-order valence-electron chi connectivity index (χ2n) is 7.17. The number of ether oxygens (including phenoxy) is 1. The molecule has 3 rings (SSSR count). The third-order valence-electron chi connectivity index (χ3n) is 4.67. The van der Waals surface area contributed by atoms with Gasteiger partial charge in [-0.2, -0.15) is 5.10 Å². The van der Waals surface area contributed by atoms with Crippen LogP contribution in [0, 0.1) is 12.7 Å². The van der Waals surface area contributed by atoms with Crippen LogP contribution in [0.2, 0.25) is 0 Å². The van der Waals surface area contributed by atoms with Crippen molar-refractivity contribution in [1.29, 1.82) is 0 Å². The number of ketones is 1. The predicted octanol–water partition coefficient (Wildman–Crippen LogP) is 3.46. The maximum Gasteiger partial charge on any atom is 0.256 e. The summed E-state index contributed by atoms with van der Waals surface area (Å²) < 4.78 is 21.0. The molecule has 7 heteroatoms. The summed E-state index contributed by atoms with van der Waals surface area (Å²) in [7, 11) is 0.